The zero-order chi connectivity index (χ0) is 7.68. The average molecular weight is 274 g/mol. The van der Waals surface area contributed by atoms with Gasteiger partial charge in [0.1, 0.15) is 5.58 Å². The Morgan fingerprint density at radius 3 is 2.58 bits per heavy atom. The highest BCUT2D eigenvalue weighted by molar-refractivity contribution is 14.0. The lowest BCUT2D eigenvalue weighted by Crippen LogP contribution is -1.93. The maximum absolute atomic E-state index is 10.7. The monoisotopic (exact) mass is 274 g/mol. The van der Waals surface area contributed by atoms with E-state index in [1.807, 2.05) is 18.2 Å². The van der Waals surface area contributed by atoms with Gasteiger partial charge in [-0.3, -0.25) is 0 Å². The number of halogens is 1. The fraction of sp³-hybridized carbons (Fsp3) is 0. The van der Waals surface area contributed by atoms with E-state index in [9.17, 15) is 4.79 Å². The fourth-order valence-corrected chi connectivity index (χ4v) is 1.01. The van der Waals surface area contributed by atoms with Crippen molar-refractivity contribution < 1.29 is 4.42 Å². The molecule has 0 unspecified atom stereocenters. The van der Waals surface area contributed by atoms with E-state index in [4.69, 9.17) is 4.42 Å². The molecule has 0 amide bonds. The molecule has 62 valence electrons. The van der Waals surface area contributed by atoms with E-state index < -0.39 is 0 Å². The second-order valence-electron chi connectivity index (χ2n) is 2.29. The summed E-state index contributed by atoms with van der Waals surface area (Å²) in [5, 5.41) is 0.951. The van der Waals surface area contributed by atoms with Crippen LogP contribution < -0.4 is 5.63 Å². The first-order chi connectivity index (χ1) is 5.36. The molecule has 1 aromatic heterocycles. The molecule has 1 aromatic carbocycles. The predicted octanol–water partition coefficient (Wildman–Crippen LogP) is 2.41. The van der Waals surface area contributed by atoms with Crippen LogP contribution in [0.4, 0.5) is 0 Å². The van der Waals surface area contributed by atoms with E-state index in [-0.39, 0.29) is 29.6 Å². The first-order valence-electron chi connectivity index (χ1n) is 3.35. The molecule has 2 rings (SSSR count). The summed E-state index contributed by atoms with van der Waals surface area (Å²) in [6.45, 7) is 0. The summed E-state index contributed by atoms with van der Waals surface area (Å²) < 4.78 is 4.91. The highest BCUT2D eigenvalue weighted by atomic mass is 127. The van der Waals surface area contributed by atoms with Gasteiger partial charge in [-0.25, -0.2) is 4.79 Å². The molecule has 3 heteroatoms. The molecule has 2 aromatic rings. The second kappa shape index (κ2) is 3.71. The zero-order valence-corrected chi connectivity index (χ0v) is 8.52. The predicted molar refractivity (Wildman–Crippen MR) is 57.9 cm³/mol. The minimum Gasteiger partial charge on any atom is -0.423 e. The summed E-state index contributed by atoms with van der Waals surface area (Å²) >= 11 is 0. The Morgan fingerprint density at radius 1 is 1.00 bits per heavy atom. The Labute approximate surface area is 86.2 Å². The molecule has 2 nitrogen and oxygen atoms in total. The van der Waals surface area contributed by atoms with Crippen LogP contribution in [0.5, 0.6) is 0 Å². The maximum atomic E-state index is 10.7. The van der Waals surface area contributed by atoms with Crippen molar-refractivity contribution in [1.82, 2.24) is 0 Å². The molecule has 0 N–H and O–H groups in total. The molecule has 0 fully saturated rings. The van der Waals surface area contributed by atoms with Crippen molar-refractivity contribution in [2.45, 2.75) is 0 Å². The quantitative estimate of drug-likeness (QED) is 0.545. The maximum Gasteiger partial charge on any atom is 0.336 e. The van der Waals surface area contributed by atoms with Gasteiger partial charge in [-0.1, -0.05) is 18.2 Å². The van der Waals surface area contributed by atoms with Crippen LogP contribution in [0.2, 0.25) is 0 Å². The first kappa shape index (κ1) is 9.25. The Hall–Kier alpha value is -0.840. The van der Waals surface area contributed by atoms with Crippen LogP contribution in [-0.4, -0.2) is 0 Å². The molecule has 0 bridgehead atoms. The van der Waals surface area contributed by atoms with E-state index in [0.29, 0.717) is 5.58 Å². The van der Waals surface area contributed by atoms with Crippen LogP contribution in [0.25, 0.3) is 11.0 Å². The number of rotatable bonds is 0. The number of hydrogen-bond acceptors (Lipinski definition) is 2. The molecule has 0 atom stereocenters. The largest absolute Gasteiger partial charge is 0.423 e. The van der Waals surface area contributed by atoms with Crippen molar-refractivity contribution in [1.29, 1.82) is 0 Å². The van der Waals surface area contributed by atoms with Crippen molar-refractivity contribution in [2.24, 2.45) is 0 Å². The summed E-state index contributed by atoms with van der Waals surface area (Å²) in [6.07, 6.45) is 0. The SMILES string of the molecule is I.O=c1ccc2ccccc2o1. The molecule has 0 spiro atoms. The first-order valence-corrected chi connectivity index (χ1v) is 3.35. The zero-order valence-electron chi connectivity index (χ0n) is 6.19. The topological polar surface area (TPSA) is 30.2 Å². The van der Waals surface area contributed by atoms with Crippen LogP contribution in [0, 0.1) is 0 Å². The smallest absolute Gasteiger partial charge is 0.336 e. The minimum absolute atomic E-state index is 0. The van der Waals surface area contributed by atoms with Crippen LogP contribution in [-0.2, 0) is 0 Å². The summed E-state index contributed by atoms with van der Waals surface area (Å²) in [4.78, 5) is 10.7. The van der Waals surface area contributed by atoms with Gasteiger partial charge in [0.15, 0.2) is 0 Å². The number of fused-ring (bicyclic) bond motifs is 1. The highest BCUT2D eigenvalue weighted by Crippen LogP contribution is 2.08. The normalized spacial score (nSPS) is 9.33. The summed E-state index contributed by atoms with van der Waals surface area (Å²) in [7, 11) is 0. The molecule has 0 saturated heterocycles. The summed E-state index contributed by atoms with van der Waals surface area (Å²) in [6, 6.07) is 10.6. The van der Waals surface area contributed by atoms with Gasteiger partial charge in [0.25, 0.3) is 0 Å². The molecule has 0 aliphatic carbocycles. The molecule has 1 heterocycles. The third-order valence-corrected chi connectivity index (χ3v) is 1.53. The van der Waals surface area contributed by atoms with Crippen LogP contribution >= 0.6 is 24.0 Å². The molecule has 12 heavy (non-hydrogen) atoms. The Kier molecular flexibility index (Phi) is 2.86. The van der Waals surface area contributed by atoms with Gasteiger partial charge < -0.3 is 4.42 Å². The van der Waals surface area contributed by atoms with Gasteiger partial charge in [-0.2, -0.15) is 0 Å². The standard InChI is InChI=1S/C9H6O2.HI/c10-9-6-5-7-3-1-2-4-8(7)11-9;/h1-6H;1H. The van der Waals surface area contributed by atoms with Gasteiger partial charge in [-0.15, -0.1) is 24.0 Å². The van der Waals surface area contributed by atoms with Gasteiger partial charge in [0, 0.05) is 11.5 Å². The second-order valence-corrected chi connectivity index (χ2v) is 2.29. The van der Waals surface area contributed by atoms with Crippen LogP contribution in [0.15, 0.2) is 45.6 Å². The minimum atomic E-state index is -0.302. The van der Waals surface area contributed by atoms with E-state index in [1.54, 1.807) is 12.1 Å². The van der Waals surface area contributed by atoms with E-state index in [0.717, 1.165) is 5.39 Å². The Bertz CT molecular complexity index is 433. The Morgan fingerprint density at radius 2 is 1.75 bits per heavy atom. The van der Waals surface area contributed by atoms with Gasteiger partial charge in [0.2, 0.25) is 0 Å². The molecule has 0 aliphatic heterocycles. The molecule has 0 saturated carbocycles. The van der Waals surface area contributed by atoms with Gasteiger partial charge in [-0.05, 0) is 12.1 Å². The summed E-state index contributed by atoms with van der Waals surface area (Å²) in [5.74, 6) is 0. The van der Waals surface area contributed by atoms with Crippen molar-refractivity contribution in [3.63, 3.8) is 0 Å². The Balaban J connectivity index is 0.000000720. The molecule has 0 aliphatic rings. The molecule has 0 radical (unpaired) electrons. The molecular formula is C9H7IO2. The highest BCUT2D eigenvalue weighted by Gasteiger charge is 1.92. The number of para-hydroxylation sites is 1. The van der Waals surface area contributed by atoms with Crippen molar-refractivity contribution in [3.05, 3.63) is 46.8 Å². The van der Waals surface area contributed by atoms with E-state index in [2.05, 4.69) is 0 Å². The third-order valence-electron chi connectivity index (χ3n) is 1.53. The average Bonchev–Trinajstić information content (AvgIpc) is 2.04. The number of hydrogen-bond donors (Lipinski definition) is 0. The lowest BCUT2D eigenvalue weighted by Gasteiger charge is -1.91. The third kappa shape index (κ3) is 1.66. The number of benzene rings is 1. The lowest BCUT2D eigenvalue weighted by molar-refractivity contribution is 0.561. The summed E-state index contributed by atoms with van der Waals surface area (Å²) in [5.41, 5.74) is 0.337. The molecular weight excluding hydrogens is 267 g/mol. The van der Waals surface area contributed by atoms with E-state index in [1.165, 1.54) is 6.07 Å². The van der Waals surface area contributed by atoms with Crippen molar-refractivity contribution in [2.75, 3.05) is 0 Å². The lowest BCUT2D eigenvalue weighted by atomic mass is 10.2. The van der Waals surface area contributed by atoms with Crippen molar-refractivity contribution in [3.8, 4) is 0 Å². The fourth-order valence-electron chi connectivity index (χ4n) is 1.01. The van der Waals surface area contributed by atoms with Gasteiger partial charge >= 0.3 is 5.63 Å². The van der Waals surface area contributed by atoms with E-state index >= 15 is 0 Å². The van der Waals surface area contributed by atoms with Crippen LogP contribution in [0.3, 0.4) is 0 Å². The van der Waals surface area contributed by atoms with Gasteiger partial charge in [0.05, 0.1) is 0 Å². The van der Waals surface area contributed by atoms with Crippen LogP contribution in [0.1, 0.15) is 0 Å². The van der Waals surface area contributed by atoms with Crippen molar-refractivity contribution >= 4 is 34.9 Å².